The molecule has 0 saturated heterocycles. The second-order valence-corrected chi connectivity index (χ2v) is 7.22. The van der Waals surface area contributed by atoms with Gasteiger partial charge in [0.2, 0.25) is 0 Å². The molecule has 1 heterocycles. The quantitative estimate of drug-likeness (QED) is 0.269. The molecule has 33 heavy (non-hydrogen) atoms. The Balaban J connectivity index is 0.000000479. The monoisotopic (exact) mass is 485 g/mol. The third-order valence-corrected chi connectivity index (χ3v) is 4.79. The van der Waals surface area contributed by atoms with E-state index in [1.54, 1.807) is 12.1 Å². The molecular formula is C19H18F3N5O5S. The van der Waals surface area contributed by atoms with Crippen LogP contribution in [0.1, 0.15) is 47.6 Å². The number of benzene rings is 1. The number of alkyl halides is 3. The highest BCUT2D eigenvalue weighted by molar-refractivity contribution is 7.94. The number of nitriles is 1. The van der Waals surface area contributed by atoms with Gasteiger partial charge in [-0.3, -0.25) is 4.79 Å². The van der Waals surface area contributed by atoms with Crippen molar-refractivity contribution in [2.45, 2.75) is 36.8 Å². The number of carboxylic acids is 1. The van der Waals surface area contributed by atoms with Gasteiger partial charge in [-0.1, -0.05) is 6.08 Å². The van der Waals surface area contributed by atoms with Crippen LogP contribution < -0.4 is 11.2 Å². The molecule has 176 valence electrons. The van der Waals surface area contributed by atoms with Crippen LogP contribution in [0.3, 0.4) is 0 Å². The Morgan fingerprint density at radius 1 is 1.33 bits per heavy atom. The zero-order valence-corrected chi connectivity index (χ0v) is 17.6. The van der Waals surface area contributed by atoms with Crippen LogP contribution in [0, 0.1) is 11.3 Å². The lowest BCUT2D eigenvalue weighted by Gasteiger charge is -2.18. The molecule has 1 aromatic carbocycles. The molecule has 1 aliphatic rings. The number of nitrogens with one attached hydrogen (secondary N) is 2. The van der Waals surface area contributed by atoms with Crippen molar-refractivity contribution in [2.75, 3.05) is 5.32 Å². The zero-order valence-electron chi connectivity index (χ0n) is 16.8. The van der Waals surface area contributed by atoms with Crippen molar-refractivity contribution in [3.8, 4) is 6.07 Å². The normalized spacial score (nSPS) is 13.2. The summed E-state index contributed by atoms with van der Waals surface area (Å²) in [5, 5.41) is 18.8. The summed E-state index contributed by atoms with van der Waals surface area (Å²) in [7, 11) is 0. The number of nitrogens with zero attached hydrogens (tertiary/aromatic N) is 2. The minimum Gasteiger partial charge on any atom is -0.475 e. The fourth-order valence-corrected chi connectivity index (χ4v) is 3.17. The summed E-state index contributed by atoms with van der Waals surface area (Å²) < 4.78 is 36.4. The summed E-state index contributed by atoms with van der Waals surface area (Å²) in [6.45, 7) is 0. The fraction of sp³-hybridized carbons (Fsp3) is 0.263. The van der Waals surface area contributed by atoms with Gasteiger partial charge in [-0.2, -0.15) is 24.3 Å². The molecule has 0 atom stereocenters. The maximum Gasteiger partial charge on any atom is 0.490 e. The largest absolute Gasteiger partial charge is 0.490 e. The van der Waals surface area contributed by atoms with Crippen LogP contribution >= 0.6 is 12.0 Å². The number of carboxylic acid groups (broad SMARTS) is 1. The molecule has 1 aromatic heterocycles. The SMILES string of the molecule is N#Cc1cnc(C(=O)Nc2ccc(SOON)cc2C2=CCCCC2)[nH]1.O=C(O)C(F)(F)F. The van der Waals surface area contributed by atoms with E-state index in [1.165, 1.54) is 11.8 Å². The third-order valence-electron chi connectivity index (χ3n) is 4.20. The number of aliphatic carboxylic acids is 1. The van der Waals surface area contributed by atoms with Crippen LogP contribution in [0.2, 0.25) is 0 Å². The second-order valence-electron chi connectivity index (χ2n) is 6.44. The van der Waals surface area contributed by atoms with Crippen molar-refractivity contribution in [2.24, 2.45) is 5.90 Å². The number of allylic oxidation sites excluding steroid dienone is 2. The Bertz CT molecular complexity index is 1060. The van der Waals surface area contributed by atoms with Gasteiger partial charge < -0.3 is 15.4 Å². The molecule has 0 aliphatic heterocycles. The van der Waals surface area contributed by atoms with E-state index in [0.717, 1.165) is 48.2 Å². The first-order valence-corrected chi connectivity index (χ1v) is 10.00. The number of aromatic nitrogens is 2. The molecule has 0 radical (unpaired) electrons. The number of H-pyrrole nitrogens is 1. The van der Waals surface area contributed by atoms with Crippen molar-refractivity contribution < 1.29 is 37.2 Å². The van der Waals surface area contributed by atoms with E-state index in [0.29, 0.717) is 5.69 Å². The number of aromatic amines is 1. The lowest BCUT2D eigenvalue weighted by molar-refractivity contribution is -0.195. The van der Waals surface area contributed by atoms with Gasteiger partial charge in [0.25, 0.3) is 5.91 Å². The van der Waals surface area contributed by atoms with Crippen molar-refractivity contribution in [1.82, 2.24) is 9.97 Å². The van der Waals surface area contributed by atoms with E-state index in [4.69, 9.17) is 25.4 Å². The molecule has 14 heteroatoms. The first-order valence-electron chi connectivity index (χ1n) is 9.25. The molecule has 2 aromatic rings. The molecule has 0 saturated carbocycles. The maximum absolute atomic E-state index is 12.4. The van der Waals surface area contributed by atoms with Gasteiger partial charge in [0.05, 0.1) is 18.2 Å². The molecular weight excluding hydrogens is 467 g/mol. The summed E-state index contributed by atoms with van der Waals surface area (Å²) in [5.41, 5.74) is 2.97. The highest BCUT2D eigenvalue weighted by Crippen LogP contribution is 2.35. The highest BCUT2D eigenvalue weighted by atomic mass is 32.2. The van der Waals surface area contributed by atoms with Gasteiger partial charge in [-0.05, 0) is 49.5 Å². The number of carbonyl (C=O) groups is 2. The number of hydrogen-bond acceptors (Lipinski definition) is 8. The molecule has 1 amide bonds. The molecule has 3 rings (SSSR count). The zero-order chi connectivity index (χ0) is 24.4. The van der Waals surface area contributed by atoms with Crippen LogP contribution in [0.4, 0.5) is 18.9 Å². The predicted octanol–water partition coefficient (Wildman–Crippen LogP) is 3.95. The first-order chi connectivity index (χ1) is 15.7. The van der Waals surface area contributed by atoms with E-state index in [2.05, 4.69) is 26.3 Å². The molecule has 0 fully saturated rings. The van der Waals surface area contributed by atoms with E-state index in [1.807, 2.05) is 12.1 Å². The standard InChI is InChI=1S/C17H17N5O3S.C2HF3O2/c18-9-12-10-20-16(21-12)17(23)22-15-7-6-13(26-25-24-19)8-14(15)11-4-2-1-3-5-11;3-2(4,5)1(6)7/h4,6-8,10H,1-3,5,19H2,(H,20,21)(H,22,23);(H,6,7). The van der Waals surface area contributed by atoms with Crippen LogP contribution in [0.5, 0.6) is 0 Å². The average molecular weight is 485 g/mol. The van der Waals surface area contributed by atoms with Gasteiger partial charge in [-0.15, -0.1) is 9.32 Å². The van der Waals surface area contributed by atoms with E-state index in [9.17, 15) is 18.0 Å². The summed E-state index contributed by atoms with van der Waals surface area (Å²) >= 11 is 0.987. The summed E-state index contributed by atoms with van der Waals surface area (Å²) in [6.07, 6.45) is 2.62. The number of hydrogen-bond donors (Lipinski definition) is 4. The first kappa shape index (κ1) is 25.9. The number of anilines is 1. The molecule has 5 N–H and O–H groups in total. The Hall–Kier alpha value is -3.38. The van der Waals surface area contributed by atoms with Gasteiger partial charge in [0.15, 0.2) is 5.82 Å². The lowest BCUT2D eigenvalue weighted by atomic mass is 9.92. The Morgan fingerprint density at radius 3 is 2.61 bits per heavy atom. The molecule has 1 aliphatic carbocycles. The average Bonchev–Trinajstić information content (AvgIpc) is 3.28. The minimum atomic E-state index is -5.08. The number of nitrogens with two attached hydrogens (primary N) is 1. The van der Waals surface area contributed by atoms with Crippen LogP contribution in [0.15, 0.2) is 35.4 Å². The van der Waals surface area contributed by atoms with Crippen LogP contribution in [-0.4, -0.2) is 33.1 Å². The van der Waals surface area contributed by atoms with E-state index < -0.39 is 18.1 Å². The minimum absolute atomic E-state index is 0.0865. The maximum atomic E-state index is 12.4. The van der Waals surface area contributed by atoms with Crippen molar-refractivity contribution in [1.29, 1.82) is 5.26 Å². The number of amides is 1. The lowest BCUT2D eigenvalue weighted by Crippen LogP contribution is -2.21. The highest BCUT2D eigenvalue weighted by Gasteiger charge is 2.38. The third kappa shape index (κ3) is 7.91. The Morgan fingerprint density at radius 2 is 2.06 bits per heavy atom. The summed E-state index contributed by atoms with van der Waals surface area (Å²) in [6, 6.07) is 7.40. The Kier molecular flexibility index (Phi) is 9.43. The van der Waals surface area contributed by atoms with Crippen molar-refractivity contribution in [3.05, 3.63) is 47.6 Å². The van der Waals surface area contributed by atoms with Crippen molar-refractivity contribution in [3.63, 3.8) is 0 Å². The van der Waals surface area contributed by atoms with Crippen LogP contribution in [0.25, 0.3) is 5.57 Å². The Labute approximate surface area is 189 Å². The topological polar surface area (TPSA) is 163 Å². The van der Waals surface area contributed by atoms with Crippen molar-refractivity contribution >= 4 is 35.2 Å². The van der Waals surface area contributed by atoms with Gasteiger partial charge in [0, 0.05) is 16.1 Å². The number of rotatable bonds is 6. The molecule has 0 spiro atoms. The number of imidazole rings is 1. The van der Waals surface area contributed by atoms with E-state index in [-0.39, 0.29) is 11.5 Å². The number of carbonyl (C=O) groups excluding carboxylic acids is 1. The van der Waals surface area contributed by atoms with Gasteiger partial charge in [0.1, 0.15) is 11.8 Å². The summed E-state index contributed by atoms with van der Waals surface area (Å²) in [5.74, 6) is 1.80. The number of halogens is 3. The second kappa shape index (κ2) is 12.0. The van der Waals surface area contributed by atoms with E-state index >= 15 is 0 Å². The van der Waals surface area contributed by atoms with Crippen LogP contribution in [-0.2, 0) is 14.1 Å². The smallest absolute Gasteiger partial charge is 0.475 e. The molecule has 0 unspecified atom stereocenters. The molecule has 0 bridgehead atoms. The van der Waals surface area contributed by atoms with Gasteiger partial charge in [-0.25, -0.2) is 9.78 Å². The predicted molar refractivity (Wildman–Crippen MR) is 110 cm³/mol. The molecule has 10 nitrogen and oxygen atoms in total. The van der Waals surface area contributed by atoms with Gasteiger partial charge >= 0.3 is 12.1 Å². The summed E-state index contributed by atoms with van der Waals surface area (Å²) in [4.78, 5) is 32.9. The fourth-order valence-electron chi connectivity index (χ4n) is 2.77.